The van der Waals surface area contributed by atoms with Crippen LogP contribution < -0.4 is 0 Å². The van der Waals surface area contributed by atoms with E-state index in [2.05, 4.69) is 31.9 Å². The van der Waals surface area contributed by atoms with Gasteiger partial charge in [-0.15, -0.1) is 0 Å². The van der Waals surface area contributed by atoms with E-state index >= 15 is 0 Å². The number of rotatable bonds is 5. The Morgan fingerprint density at radius 3 is 2.56 bits per heavy atom. The van der Waals surface area contributed by atoms with Gasteiger partial charge in [0, 0.05) is 5.33 Å². The molecule has 0 fully saturated rings. The molecule has 0 aliphatic rings. The molecule has 98 valence electrons. The summed E-state index contributed by atoms with van der Waals surface area (Å²) in [6.45, 7) is 3.63. The molecule has 0 heterocycles. The second-order valence-corrected chi connectivity index (χ2v) is 5.22. The molecule has 0 bridgehead atoms. The number of carbonyl (C=O) groups is 2. The van der Waals surface area contributed by atoms with Crippen molar-refractivity contribution in [2.45, 2.75) is 24.0 Å². The molecule has 0 aromatic heterocycles. The number of carbonyl (C=O) groups excluding carboxylic acids is 2. The van der Waals surface area contributed by atoms with Gasteiger partial charge in [0.1, 0.15) is 5.78 Å². The van der Waals surface area contributed by atoms with Crippen molar-refractivity contribution in [1.29, 1.82) is 0 Å². The van der Waals surface area contributed by atoms with Crippen LogP contribution >= 0.6 is 31.9 Å². The lowest BCUT2D eigenvalue weighted by atomic mass is 10.0. The van der Waals surface area contributed by atoms with Gasteiger partial charge in [0.05, 0.1) is 17.0 Å². The van der Waals surface area contributed by atoms with E-state index in [1.165, 1.54) is 6.92 Å². The molecule has 1 unspecified atom stereocenters. The van der Waals surface area contributed by atoms with Gasteiger partial charge in [-0.25, -0.2) is 4.79 Å². The average Bonchev–Trinajstić information content (AvgIpc) is 2.37. The van der Waals surface area contributed by atoms with Crippen LogP contribution in [0.5, 0.6) is 0 Å². The van der Waals surface area contributed by atoms with Crippen molar-refractivity contribution in [3.8, 4) is 0 Å². The third-order valence-electron chi connectivity index (χ3n) is 2.42. The first kappa shape index (κ1) is 15.4. The van der Waals surface area contributed by atoms with Gasteiger partial charge in [0.25, 0.3) is 0 Å². The minimum atomic E-state index is -0.341. The molecule has 1 aromatic rings. The summed E-state index contributed by atoms with van der Waals surface area (Å²) in [5.74, 6) is -0.313. The molecule has 1 atom stereocenters. The number of alkyl halides is 2. The van der Waals surface area contributed by atoms with Crippen molar-refractivity contribution in [2.75, 3.05) is 6.61 Å². The summed E-state index contributed by atoms with van der Waals surface area (Å²) < 4.78 is 4.98. The van der Waals surface area contributed by atoms with E-state index in [0.29, 0.717) is 17.5 Å². The number of esters is 1. The zero-order chi connectivity index (χ0) is 13.7. The lowest BCUT2D eigenvalue weighted by Crippen LogP contribution is -2.09. The van der Waals surface area contributed by atoms with Crippen LogP contribution in [0.4, 0.5) is 0 Å². The van der Waals surface area contributed by atoms with Gasteiger partial charge < -0.3 is 4.74 Å². The Balaban J connectivity index is 3.11. The number of halogens is 2. The van der Waals surface area contributed by atoms with Crippen LogP contribution in [-0.2, 0) is 14.9 Å². The zero-order valence-electron chi connectivity index (χ0n) is 10.2. The summed E-state index contributed by atoms with van der Waals surface area (Å²) in [6.07, 6.45) is 0. The Kier molecular flexibility index (Phi) is 6.02. The Morgan fingerprint density at radius 2 is 2.06 bits per heavy atom. The van der Waals surface area contributed by atoms with Crippen molar-refractivity contribution in [3.63, 3.8) is 0 Å². The van der Waals surface area contributed by atoms with Crippen molar-refractivity contribution >= 4 is 43.6 Å². The van der Waals surface area contributed by atoms with E-state index in [1.54, 1.807) is 19.1 Å². The highest BCUT2D eigenvalue weighted by Gasteiger charge is 2.17. The quantitative estimate of drug-likeness (QED) is 0.579. The van der Waals surface area contributed by atoms with Crippen LogP contribution in [-0.4, -0.2) is 18.4 Å². The Labute approximate surface area is 123 Å². The maximum Gasteiger partial charge on any atom is 0.338 e. The molecular weight excluding hydrogens is 364 g/mol. The van der Waals surface area contributed by atoms with Gasteiger partial charge in [0.15, 0.2) is 0 Å². The van der Waals surface area contributed by atoms with Crippen molar-refractivity contribution in [3.05, 3.63) is 34.9 Å². The summed E-state index contributed by atoms with van der Waals surface area (Å²) in [4.78, 5) is 22.7. The molecule has 0 N–H and O–H groups in total. The Bertz CT molecular complexity index is 458. The minimum Gasteiger partial charge on any atom is -0.462 e. The molecule has 1 aromatic carbocycles. The average molecular weight is 378 g/mol. The van der Waals surface area contributed by atoms with Crippen molar-refractivity contribution in [1.82, 2.24) is 0 Å². The summed E-state index contributed by atoms with van der Waals surface area (Å²) in [5.41, 5.74) is 2.18. The number of ketones is 1. The molecule has 0 saturated carbocycles. The number of ether oxygens (including phenoxy) is 1. The normalized spacial score (nSPS) is 12.0. The fourth-order valence-corrected chi connectivity index (χ4v) is 2.27. The third-order valence-corrected chi connectivity index (χ3v) is 4.20. The molecular formula is C13H14Br2O3. The van der Waals surface area contributed by atoms with Crippen LogP contribution in [0.25, 0.3) is 0 Å². The standard InChI is InChI=1S/C13H14Br2O3/c1-3-18-13(17)11-5-4-9(6-10(11)7-14)12(15)8(2)16/h4-6,12H,3,7H2,1-2H3. The topological polar surface area (TPSA) is 43.4 Å². The maximum absolute atomic E-state index is 11.7. The highest BCUT2D eigenvalue weighted by molar-refractivity contribution is 9.09. The minimum absolute atomic E-state index is 0.0272. The van der Waals surface area contributed by atoms with Gasteiger partial charge >= 0.3 is 5.97 Å². The lowest BCUT2D eigenvalue weighted by molar-refractivity contribution is -0.116. The largest absolute Gasteiger partial charge is 0.462 e. The predicted octanol–water partition coefficient (Wildman–Crippen LogP) is 3.78. The fourth-order valence-electron chi connectivity index (χ4n) is 1.52. The first-order valence-corrected chi connectivity index (χ1v) is 7.55. The molecule has 3 nitrogen and oxygen atoms in total. The van der Waals surface area contributed by atoms with Gasteiger partial charge in [-0.3, -0.25) is 4.79 Å². The number of hydrogen-bond acceptors (Lipinski definition) is 3. The molecule has 18 heavy (non-hydrogen) atoms. The van der Waals surface area contributed by atoms with Crippen LogP contribution in [0, 0.1) is 0 Å². The molecule has 0 aliphatic heterocycles. The molecule has 0 radical (unpaired) electrons. The van der Waals surface area contributed by atoms with E-state index < -0.39 is 0 Å². The molecule has 0 spiro atoms. The molecule has 1 rings (SSSR count). The summed E-state index contributed by atoms with van der Waals surface area (Å²) in [5, 5.41) is 0.534. The second kappa shape index (κ2) is 7.04. The summed E-state index contributed by atoms with van der Waals surface area (Å²) in [7, 11) is 0. The monoisotopic (exact) mass is 376 g/mol. The highest BCUT2D eigenvalue weighted by atomic mass is 79.9. The van der Waals surface area contributed by atoms with E-state index in [-0.39, 0.29) is 16.6 Å². The molecule has 5 heteroatoms. The van der Waals surface area contributed by atoms with Gasteiger partial charge in [-0.05, 0) is 31.0 Å². The summed E-state index contributed by atoms with van der Waals surface area (Å²) in [6, 6.07) is 5.29. The smallest absolute Gasteiger partial charge is 0.338 e. The highest BCUT2D eigenvalue weighted by Crippen LogP contribution is 2.27. The first-order chi connectivity index (χ1) is 8.51. The van der Waals surface area contributed by atoms with Gasteiger partial charge in [0.2, 0.25) is 0 Å². The van der Waals surface area contributed by atoms with Crippen LogP contribution in [0.3, 0.4) is 0 Å². The van der Waals surface area contributed by atoms with E-state index in [1.807, 2.05) is 6.07 Å². The predicted molar refractivity (Wildman–Crippen MR) is 77.4 cm³/mol. The Morgan fingerprint density at radius 1 is 1.39 bits per heavy atom. The second-order valence-electron chi connectivity index (χ2n) is 3.74. The van der Waals surface area contributed by atoms with E-state index in [4.69, 9.17) is 4.74 Å². The van der Waals surface area contributed by atoms with Crippen LogP contribution in [0.15, 0.2) is 18.2 Å². The van der Waals surface area contributed by atoms with E-state index in [0.717, 1.165) is 11.1 Å². The van der Waals surface area contributed by atoms with Gasteiger partial charge in [-0.1, -0.05) is 44.0 Å². The number of benzene rings is 1. The lowest BCUT2D eigenvalue weighted by Gasteiger charge is -2.11. The van der Waals surface area contributed by atoms with Gasteiger partial charge in [-0.2, -0.15) is 0 Å². The Hall–Kier alpha value is -0.680. The zero-order valence-corrected chi connectivity index (χ0v) is 13.4. The maximum atomic E-state index is 11.7. The molecule has 0 amide bonds. The van der Waals surface area contributed by atoms with Crippen LogP contribution in [0.1, 0.15) is 40.2 Å². The molecule has 0 aliphatic carbocycles. The number of Topliss-reactive ketones (excluding diaryl/α,β-unsaturated/α-hetero) is 1. The van der Waals surface area contributed by atoms with Crippen LogP contribution in [0.2, 0.25) is 0 Å². The third kappa shape index (κ3) is 3.65. The SMILES string of the molecule is CCOC(=O)c1ccc(C(Br)C(C)=O)cc1CBr. The first-order valence-electron chi connectivity index (χ1n) is 5.51. The molecule has 0 saturated heterocycles. The van der Waals surface area contributed by atoms with Crippen molar-refractivity contribution in [2.24, 2.45) is 0 Å². The van der Waals surface area contributed by atoms with E-state index in [9.17, 15) is 9.59 Å². The number of hydrogen-bond donors (Lipinski definition) is 0. The van der Waals surface area contributed by atoms with Crippen molar-refractivity contribution < 1.29 is 14.3 Å². The summed E-state index contributed by atoms with van der Waals surface area (Å²) >= 11 is 6.67. The fraction of sp³-hybridized carbons (Fsp3) is 0.385.